The first-order valence-corrected chi connectivity index (χ1v) is 8.01. The van der Waals surface area contributed by atoms with Crippen molar-refractivity contribution in [3.05, 3.63) is 71.5 Å². The molecular weight excluding hydrogens is 293 g/mol. The molecule has 0 unspecified atom stereocenters. The highest BCUT2D eigenvalue weighted by Crippen LogP contribution is 2.34. The second-order valence-corrected chi connectivity index (χ2v) is 6.24. The van der Waals surface area contributed by atoms with Gasteiger partial charge in [0.25, 0.3) is 0 Å². The molecule has 4 heteroatoms. The van der Waals surface area contributed by atoms with Gasteiger partial charge < -0.3 is 15.1 Å². The minimum atomic E-state index is -1.11. The Balaban J connectivity index is 1.61. The number of halogens is 1. The lowest BCUT2D eigenvalue weighted by molar-refractivity contribution is -0.0367. The Morgan fingerprint density at radius 1 is 1.00 bits per heavy atom. The number of aliphatic hydroxyl groups excluding tert-OH is 1. The average Bonchev–Trinajstić information content (AvgIpc) is 2.58. The molecule has 1 fully saturated rings. The standard InChI is InChI=1S/C19H22FNO2/c20-17-9-5-4-8-16(17)19(23)10-12-21(13-11-19)14-18(22)15-6-2-1-3-7-15/h1-9,18,22-23H,10-14H2/t18-/m1/s1. The van der Waals surface area contributed by atoms with E-state index in [1.807, 2.05) is 30.3 Å². The van der Waals surface area contributed by atoms with Gasteiger partial charge in [-0.3, -0.25) is 0 Å². The predicted octanol–water partition coefficient (Wildman–Crippen LogP) is 2.84. The first-order valence-electron chi connectivity index (χ1n) is 8.01. The number of aliphatic hydroxyl groups is 2. The van der Waals surface area contributed by atoms with Gasteiger partial charge in [0.2, 0.25) is 0 Å². The van der Waals surface area contributed by atoms with Crippen molar-refractivity contribution in [3.63, 3.8) is 0 Å². The molecular formula is C19H22FNO2. The molecule has 0 radical (unpaired) electrons. The van der Waals surface area contributed by atoms with Crippen LogP contribution in [0.3, 0.4) is 0 Å². The molecule has 23 heavy (non-hydrogen) atoms. The Hall–Kier alpha value is -1.75. The summed E-state index contributed by atoms with van der Waals surface area (Å²) in [5, 5.41) is 21.1. The monoisotopic (exact) mass is 315 g/mol. The summed E-state index contributed by atoms with van der Waals surface area (Å²) in [5.74, 6) is -0.354. The van der Waals surface area contributed by atoms with Crippen molar-refractivity contribution < 1.29 is 14.6 Å². The molecule has 2 aromatic rings. The molecule has 3 rings (SSSR count). The number of likely N-dealkylation sites (tertiary alicyclic amines) is 1. The zero-order chi connectivity index (χ0) is 16.3. The van der Waals surface area contributed by atoms with E-state index in [0.29, 0.717) is 38.0 Å². The van der Waals surface area contributed by atoms with Crippen molar-refractivity contribution in [2.24, 2.45) is 0 Å². The fourth-order valence-electron chi connectivity index (χ4n) is 3.24. The molecule has 2 N–H and O–H groups in total. The van der Waals surface area contributed by atoms with E-state index < -0.39 is 11.7 Å². The van der Waals surface area contributed by atoms with Crippen LogP contribution in [0.5, 0.6) is 0 Å². The van der Waals surface area contributed by atoms with E-state index in [0.717, 1.165) is 5.56 Å². The lowest BCUT2D eigenvalue weighted by Crippen LogP contribution is -2.44. The van der Waals surface area contributed by atoms with Crippen LogP contribution >= 0.6 is 0 Å². The maximum absolute atomic E-state index is 13.9. The van der Waals surface area contributed by atoms with Crippen molar-refractivity contribution in [1.82, 2.24) is 4.90 Å². The topological polar surface area (TPSA) is 43.7 Å². The third-order valence-electron chi connectivity index (χ3n) is 4.67. The van der Waals surface area contributed by atoms with Crippen molar-refractivity contribution in [1.29, 1.82) is 0 Å². The molecule has 3 nitrogen and oxygen atoms in total. The molecule has 0 amide bonds. The van der Waals surface area contributed by atoms with Gasteiger partial charge in [-0.1, -0.05) is 48.5 Å². The van der Waals surface area contributed by atoms with Crippen molar-refractivity contribution in [3.8, 4) is 0 Å². The molecule has 1 saturated heterocycles. The van der Waals surface area contributed by atoms with E-state index in [-0.39, 0.29) is 5.82 Å². The summed E-state index contributed by atoms with van der Waals surface area (Å²) >= 11 is 0. The smallest absolute Gasteiger partial charge is 0.129 e. The fraction of sp³-hybridized carbons (Fsp3) is 0.368. The number of rotatable bonds is 4. The highest BCUT2D eigenvalue weighted by atomic mass is 19.1. The summed E-state index contributed by atoms with van der Waals surface area (Å²) in [6, 6.07) is 16.0. The van der Waals surface area contributed by atoms with Crippen LogP contribution in [-0.2, 0) is 5.60 Å². The van der Waals surface area contributed by atoms with Crippen LogP contribution in [0.1, 0.15) is 30.1 Å². The normalized spacial score (nSPS) is 19.4. The molecule has 2 aromatic carbocycles. The van der Waals surface area contributed by atoms with Crippen LogP contribution in [0.2, 0.25) is 0 Å². The number of nitrogens with zero attached hydrogens (tertiary/aromatic N) is 1. The highest BCUT2D eigenvalue weighted by molar-refractivity contribution is 5.25. The van der Waals surface area contributed by atoms with E-state index in [2.05, 4.69) is 4.90 Å². The minimum Gasteiger partial charge on any atom is -0.387 e. The van der Waals surface area contributed by atoms with Crippen LogP contribution in [0.4, 0.5) is 4.39 Å². The molecule has 0 aromatic heterocycles. The number of benzene rings is 2. The zero-order valence-corrected chi connectivity index (χ0v) is 13.0. The van der Waals surface area contributed by atoms with Gasteiger partial charge in [-0.15, -0.1) is 0 Å². The molecule has 122 valence electrons. The van der Waals surface area contributed by atoms with Gasteiger partial charge in [-0.25, -0.2) is 4.39 Å². The van der Waals surface area contributed by atoms with Crippen molar-refractivity contribution in [2.45, 2.75) is 24.5 Å². The predicted molar refractivity (Wildman–Crippen MR) is 87.4 cm³/mol. The Kier molecular flexibility index (Phi) is 4.76. The number of piperidine rings is 1. The lowest BCUT2D eigenvalue weighted by Gasteiger charge is -2.39. The maximum Gasteiger partial charge on any atom is 0.129 e. The second kappa shape index (κ2) is 6.79. The fourth-order valence-corrected chi connectivity index (χ4v) is 3.24. The first-order chi connectivity index (χ1) is 11.1. The van der Waals surface area contributed by atoms with Crippen LogP contribution in [0.25, 0.3) is 0 Å². The summed E-state index contributed by atoms with van der Waals surface area (Å²) in [5.41, 5.74) is 0.158. The average molecular weight is 315 g/mol. The van der Waals surface area contributed by atoms with Crippen LogP contribution < -0.4 is 0 Å². The van der Waals surface area contributed by atoms with E-state index >= 15 is 0 Å². The molecule has 0 saturated carbocycles. The van der Waals surface area contributed by atoms with Crippen LogP contribution in [0, 0.1) is 5.82 Å². The van der Waals surface area contributed by atoms with Crippen molar-refractivity contribution >= 4 is 0 Å². The van der Waals surface area contributed by atoms with Crippen LogP contribution in [0.15, 0.2) is 54.6 Å². The summed E-state index contributed by atoms with van der Waals surface area (Å²) in [4.78, 5) is 2.12. The number of β-amino-alcohol motifs (C(OH)–C–C–N with tert-alkyl or cyclic N) is 1. The highest BCUT2D eigenvalue weighted by Gasteiger charge is 2.36. The number of hydrogen-bond acceptors (Lipinski definition) is 3. The minimum absolute atomic E-state index is 0.354. The van der Waals surface area contributed by atoms with E-state index in [1.54, 1.807) is 18.2 Å². The molecule has 1 aliphatic rings. The first kappa shape index (κ1) is 16.1. The third kappa shape index (κ3) is 3.61. The Bertz CT molecular complexity index is 639. The van der Waals surface area contributed by atoms with Crippen molar-refractivity contribution in [2.75, 3.05) is 19.6 Å². The molecule has 1 aliphatic heterocycles. The summed E-state index contributed by atoms with van der Waals surface area (Å²) in [6.07, 6.45) is 0.390. The summed E-state index contributed by atoms with van der Waals surface area (Å²) < 4.78 is 13.9. The Morgan fingerprint density at radius 3 is 2.26 bits per heavy atom. The van der Waals surface area contributed by atoms with Gasteiger partial charge in [0.1, 0.15) is 5.82 Å². The van der Waals surface area contributed by atoms with Gasteiger partial charge in [-0.2, -0.15) is 0 Å². The van der Waals surface area contributed by atoms with Gasteiger partial charge in [0.15, 0.2) is 0 Å². The van der Waals surface area contributed by atoms with Crippen LogP contribution in [-0.4, -0.2) is 34.7 Å². The Labute approximate surface area is 136 Å². The molecule has 0 spiro atoms. The third-order valence-corrected chi connectivity index (χ3v) is 4.67. The van der Waals surface area contributed by atoms with E-state index in [4.69, 9.17) is 0 Å². The summed E-state index contributed by atoms with van der Waals surface area (Å²) in [7, 11) is 0. The Morgan fingerprint density at radius 2 is 1.61 bits per heavy atom. The SMILES string of the molecule is O[C@H](CN1CCC(O)(c2ccccc2F)CC1)c1ccccc1. The molecule has 1 heterocycles. The lowest BCUT2D eigenvalue weighted by atomic mass is 9.84. The second-order valence-electron chi connectivity index (χ2n) is 6.24. The van der Waals surface area contributed by atoms with E-state index in [9.17, 15) is 14.6 Å². The van der Waals surface area contributed by atoms with Gasteiger partial charge >= 0.3 is 0 Å². The zero-order valence-electron chi connectivity index (χ0n) is 13.0. The molecule has 0 aliphatic carbocycles. The number of hydrogen-bond donors (Lipinski definition) is 2. The largest absolute Gasteiger partial charge is 0.387 e. The van der Waals surface area contributed by atoms with E-state index in [1.165, 1.54) is 6.07 Å². The maximum atomic E-state index is 13.9. The summed E-state index contributed by atoms with van der Waals surface area (Å²) in [6.45, 7) is 1.79. The quantitative estimate of drug-likeness (QED) is 0.912. The van der Waals surface area contributed by atoms with Gasteiger partial charge in [-0.05, 0) is 24.5 Å². The molecule has 1 atom stereocenters. The van der Waals surface area contributed by atoms with Gasteiger partial charge in [0.05, 0.1) is 11.7 Å². The molecule has 0 bridgehead atoms. The van der Waals surface area contributed by atoms with Gasteiger partial charge in [0, 0.05) is 25.2 Å².